The summed E-state index contributed by atoms with van der Waals surface area (Å²) in [6.45, 7) is 4.16. The van der Waals surface area contributed by atoms with Crippen molar-refractivity contribution in [1.82, 2.24) is 9.97 Å². The van der Waals surface area contributed by atoms with Crippen LogP contribution < -0.4 is 11.1 Å². The number of fused-ring (bicyclic) bond motifs is 1. The Morgan fingerprint density at radius 2 is 2.19 bits per heavy atom. The summed E-state index contributed by atoms with van der Waals surface area (Å²) in [5.41, 5.74) is 6.41. The highest BCUT2D eigenvalue weighted by molar-refractivity contribution is 14.1. The van der Waals surface area contributed by atoms with Crippen molar-refractivity contribution in [2.24, 2.45) is 0 Å². The molecule has 0 bridgehead atoms. The van der Waals surface area contributed by atoms with Crippen molar-refractivity contribution in [3.05, 3.63) is 5.15 Å². The van der Waals surface area contributed by atoms with Gasteiger partial charge in [-0.25, -0.2) is 9.97 Å². The van der Waals surface area contributed by atoms with E-state index in [2.05, 4.69) is 44.8 Å². The molecular formula is C16H24ClIN4O4S. The number of thioether (sulfide) groups is 1. The third-order valence-electron chi connectivity index (χ3n) is 4.33. The molecule has 0 spiro atoms. The Morgan fingerprint density at radius 1 is 1.44 bits per heavy atom. The minimum atomic E-state index is -0.731. The molecule has 0 aromatic carbocycles. The molecule has 5 atom stereocenters. The molecule has 8 nitrogen and oxygen atoms in total. The van der Waals surface area contributed by atoms with Crippen LogP contribution in [0.4, 0.5) is 11.5 Å². The summed E-state index contributed by atoms with van der Waals surface area (Å²) in [5, 5.41) is 13.3. The molecule has 2 heterocycles. The molecule has 1 aliphatic heterocycles. The normalized spacial score (nSPS) is 32.6. The second-order valence-electron chi connectivity index (χ2n) is 6.53. The summed E-state index contributed by atoms with van der Waals surface area (Å²) in [5.74, 6) is 1.39. The van der Waals surface area contributed by atoms with Gasteiger partial charge in [-0.1, -0.05) is 30.3 Å². The second-order valence-corrected chi connectivity index (χ2v) is 9.91. The van der Waals surface area contributed by atoms with Crippen molar-refractivity contribution >= 4 is 57.5 Å². The smallest absolute Gasteiger partial charge is 0.219 e. The van der Waals surface area contributed by atoms with Crippen LogP contribution >= 0.6 is 46.0 Å². The highest BCUT2D eigenvalue weighted by atomic mass is 127. The molecule has 3 rings (SSSR count). The van der Waals surface area contributed by atoms with Crippen LogP contribution in [-0.2, 0) is 14.2 Å². The average molecular weight is 531 g/mol. The first-order chi connectivity index (χ1) is 12.8. The van der Waals surface area contributed by atoms with Gasteiger partial charge in [-0.2, -0.15) is 0 Å². The molecular weight excluding hydrogens is 507 g/mol. The van der Waals surface area contributed by atoms with Gasteiger partial charge in [0.05, 0.1) is 25.4 Å². The van der Waals surface area contributed by atoms with Crippen molar-refractivity contribution in [2.75, 3.05) is 30.0 Å². The molecule has 1 saturated heterocycles. The van der Waals surface area contributed by atoms with E-state index in [4.69, 9.17) is 36.7 Å². The summed E-state index contributed by atoms with van der Waals surface area (Å²) in [4.78, 5) is 8.76. The lowest BCUT2D eigenvalue weighted by Gasteiger charge is -2.23. The number of nitrogens with zero attached hydrogens (tertiary/aromatic N) is 2. The molecule has 1 aromatic heterocycles. The number of ether oxygens (including phenoxy) is 3. The Labute approximate surface area is 181 Å². The van der Waals surface area contributed by atoms with Gasteiger partial charge >= 0.3 is 0 Å². The average Bonchev–Trinajstić information content (AvgIpc) is 3.09. The van der Waals surface area contributed by atoms with Gasteiger partial charge in [-0.15, -0.1) is 0 Å². The van der Waals surface area contributed by atoms with Crippen LogP contribution in [0.5, 0.6) is 0 Å². The number of hydrogen-bond acceptors (Lipinski definition) is 9. The van der Waals surface area contributed by atoms with E-state index in [0.29, 0.717) is 23.1 Å². The topological polar surface area (TPSA) is 112 Å². The number of alkyl halides is 1. The van der Waals surface area contributed by atoms with Crippen LogP contribution in [0.15, 0.2) is 5.16 Å². The quantitative estimate of drug-likeness (QED) is 0.154. The largest absolute Gasteiger partial charge is 0.394 e. The zero-order valence-corrected chi connectivity index (χ0v) is 18.9. The van der Waals surface area contributed by atoms with Crippen LogP contribution in [0.25, 0.3) is 0 Å². The minimum Gasteiger partial charge on any atom is -0.394 e. The number of aromatic nitrogens is 2. The van der Waals surface area contributed by atoms with Crippen molar-refractivity contribution in [3.8, 4) is 0 Å². The molecule has 1 unspecified atom stereocenters. The summed E-state index contributed by atoms with van der Waals surface area (Å²) >= 11 is 9.86. The number of anilines is 2. The third-order valence-corrected chi connectivity index (χ3v) is 6.18. The van der Waals surface area contributed by atoms with Crippen LogP contribution in [0, 0.1) is 0 Å². The van der Waals surface area contributed by atoms with Gasteiger partial charge < -0.3 is 30.4 Å². The zero-order valence-electron chi connectivity index (χ0n) is 15.2. The second kappa shape index (κ2) is 9.14. The van der Waals surface area contributed by atoms with E-state index in [9.17, 15) is 0 Å². The lowest BCUT2D eigenvalue weighted by atomic mass is 10.2. The molecule has 2 aliphatic rings. The fourth-order valence-corrected chi connectivity index (χ4v) is 4.74. The maximum Gasteiger partial charge on any atom is 0.219 e. The van der Waals surface area contributed by atoms with Crippen LogP contribution in [-0.4, -0.2) is 62.2 Å². The standard InChI is InChI=1S/C16H24ClIN4O4S/c1-3-6-27-15-21-13(17)10(19)14(22-15)20-8-7-9(24-5-4-23)12-11(8)25-16(2,18)26-12/h8-9,11-12,23H,3-7,19H2,1-2H3,(H,20,21,22)/t8-,9+,11+,12-,16?/m1/s1. The van der Waals surface area contributed by atoms with E-state index in [1.54, 1.807) is 0 Å². The van der Waals surface area contributed by atoms with Gasteiger partial charge in [0.25, 0.3) is 0 Å². The molecule has 1 aromatic rings. The van der Waals surface area contributed by atoms with Gasteiger partial charge in [0.15, 0.2) is 16.1 Å². The Hall–Kier alpha value is -0.110. The first-order valence-corrected chi connectivity index (χ1v) is 11.3. The van der Waals surface area contributed by atoms with Gasteiger partial charge in [-0.05, 0) is 42.4 Å². The fourth-order valence-electron chi connectivity index (χ4n) is 3.24. The number of aliphatic hydroxyl groups excluding tert-OH is 1. The molecule has 27 heavy (non-hydrogen) atoms. The number of nitrogens with one attached hydrogen (secondary N) is 1. The maximum absolute atomic E-state index is 9.07. The number of hydrogen-bond donors (Lipinski definition) is 3. The zero-order chi connectivity index (χ0) is 19.6. The summed E-state index contributed by atoms with van der Waals surface area (Å²) in [6.07, 6.45) is 0.997. The first kappa shape index (κ1) is 21.6. The van der Waals surface area contributed by atoms with Crippen molar-refractivity contribution in [1.29, 1.82) is 0 Å². The molecule has 152 valence electrons. The SMILES string of the molecule is CCCSc1nc(Cl)c(N)c(N[C@@H]2C[C@H](OCCO)[C@H]3OC(C)(I)O[C@H]32)n1. The van der Waals surface area contributed by atoms with Crippen molar-refractivity contribution < 1.29 is 19.3 Å². The van der Waals surface area contributed by atoms with Gasteiger partial charge in [-0.3, -0.25) is 0 Å². The Morgan fingerprint density at radius 3 is 2.89 bits per heavy atom. The number of halogens is 2. The highest BCUT2D eigenvalue weighted by Crippen LogP contribution is 2.44. The molecule has 4 N–H and O–H groups in total. The Kier molecular flexibility index (Phi) is 7.31. The third kappa shape index (κ3) is 5.09. The predicted octanol–water partition coefficient (Wildman–Crippen LogP) is 2.67. The highest BCUT2D eigenvalue weighted by Gasteiger charge is 2.55. The first-order valence-electron chi connectivity index (χ1n) is 8.84. The Bertz CT molecular complexity index is 672. The molecule has 11 heteroatoms. The Balaban J connectivity index is 1.79. The van der Waals surface area contributed by atoms with Crippen LogP contribution in [0.2, 0.25) is 5.15 Å². The molecule has 0 radical (unpaired) electrons. The van der Waals surface area contributed by atoms with E-state index in [-0.39, 0.29) is 42.7 Å². The summed E-state index contributed by atoms with van der Waals surface area (Å²) in [7, 11) is 0. The van der Waals surface area contributed by atoms with Crippen molar-refractivity contribution in [3.63, 3.8) is 0 Å². The van der Waals surface area contributed by atoms with Crippen LogP contribution in [0.1, 0.15) is 26.7 Å². The number of nitrogens with two attached hydrogens (primary N) is 1. The monoisotopic (exact) mass is 530 g/mol. The number of rotatable bonds is 8. The lowest BCUT2D eigenvalue weighted by molar-refractivity contribution is -0.106. The van der Waals surface area contributed by atoms with Gasteiger partial charge in [0.1, 0.15) is 17.9 Å². The van der Waals surface area contributed by atoms with E-state index < -0.39 is 3.79 Å². The van der Waals surface area contributed by atoms with Crippen LogP contribution in [0.3, 0.4) is 0 Å². The van der Waals surface area contributed by atoms with Gasteiger partial charge in [0, 0.05) is 5.75 Å². The number of nitrogen functional groups attached to an aromatic ring is 1. The lowest BCUT2D eigenvalue weighted by Crippen LogP contribution is -2.35. The van der Waals surface area contributed by atoms with E-state index in [0.717, 1.165) is 12.2 Å². The molecule has 1 aliphatic carbocycles. The molecule has 1 saturated carbocycles. The number of aliphatic hydroxyl groups is 1. The minimum absolute atomic E-state index is 0.0409. The van der Waals surface area contributed by atoms with E-state index >= 15 is 0 Å². The maximum atomic E-state index is 9.07. The van der Waals surface area contributed by atoms with E-state index in [1.165, 1.54) is 11.8 Å². The molecule has 0 amide bonds. The van der Waals surface area contributed by atoms with Crippen molar-refractivity contribution in [2.45, 2.75) is 60.0 Å². The fraction of sp³-hybridized carbons (Fsp3) is 0.750. The van der Waals surface area contributed by atoms with E-state index in [1.807, 2.05) is 6.92 Å². The molecule has 2 fully saturated rings. The summed E-state index contributed by atoms with van der Waals surface area (Å²) in [6, 6.07) is -0.118. The van der Waals surface area contributed by atoms with Gasteiger partial charge in [0.2, 0.25) is 3.79 Å². The predicted molar refractivity (Wildman–Crippen MR) is 113 cm³/mol. The summed E-state index contributed by atoms with van der Waals surface area (Å²) < 4.78 is 17.1.